The zero-order valence-electron chi connectivity index (χ0n) is 10.1. The highest BCUT2D eigenvalue weighted by Gasteiger charge is 1.99. The summed E-state index contributed by atoms with van der Waals surface area (Å²) in [4.78, 5) is 14.0. The van der Waals surface area contributed by atoms with Crippen LogP contribution in [0.3, 0.4) is 0 Å². The number of hydrogen-bond donors (Lipinski definition) is 0. The summed E-state index contributed by atoms with van der Waals surface area (Å²) in [5, 5.41) is 4.22. The van der Waals surface area contributed by atoms with Crippen molar-refractivity contribution >= 4 is 17.6 Å². The molecule has 2 aromatic rings. The minimum Gasteiger partial charge on any atom is -0.267 e. The topological polar surface area (TPSA) is 34.4 Å². The summed E-state index contributed by atoms with van der Waals surface area (Å²) < 4.78 is 1.42. The molecule has 4 heteroatoms. The zero-order chi connectivity index (χ0) is 12.4. The van der Waals surface area contributed by atoms with E-state index in [9.17, 15) is 4.79 Å². The molecule has 0 aromatic carbocycles. The minimum absolute atomic E-state index is 0.0907. The molecule has 0 saturated heterocycles. The molecule has 0 bridgehead atoms. The first kappa shape index (κ1) is 11.8. The summed E-state index contributed by atoms with van der Waals surface area (Å²) in [7, 11) is 0. The van der Waals surface area contributed by atoms with Crippen molar-refractivity contribution in [2.75, 3.05) is 0 Å². The lowest BCUT2D eigenvalue weighted by molar-refractivity contribution is 0.791. The van der Waals surface area contributed by atoms with Crippen LogP contribution in [-0.4, -0.2) is 10.9 Å². The molecule has 2 rings (SSSR count). The fourth-order valence-corrected chi connectivity index (χ4v) is 2.39. The first-order valence-corrected chi connectivity index (χ1v) is 6.19. The SMILES string of the molecule is Cc1cc(C)n(N=Cc2ccc(C)s2)c(=O)c1. The summed E-state index contributed by atoms with van der Waals surface area (Å²) in [5.41, 5.74) is 1.72. The summed E-state index contributed by atoms with van der Waals surface area (Å²) in [6, 6.07) is 7.57. The highest BCUT2D eigenvalue weighted by molar-refractivity contribution is 7.13. The lowest BCUT2D eigenvalue weighted by atomic mass is 10.2. The van der Waals surface area contributed by atoms with Crippen molar-refractivity contribution in [3.8, 4) is 0 Å². The van der Waals surface area contributed by atoms with Gasteiger partial charge in [-0.15, -0.1) is 11.3 Å². The Morgan fingerprint density at radius 1 is 1.24 bits per heavy atom. The van der Waals surface area contributed by atoms with Gasteiger partial charge < -0.3 is 0 Å². The third-order valence-electron chi connectivity index (χ3n) is 2.39. The van der Waals surface area contributed by atoms with Crippen LogP contribution in [0.1, 0.15) is 21.0 Å². The molecule has 0 radical (unpaired) electrons. The molecule has 0 aliphatic rings. The Hall–Kier alpha value is -1.68. The molecule has 0 aliphatic carbocycles. The Morgan fingerprint density at radius 3 is 2.59 bits per heavy atom. The molecule has 2 aromatic heterocycles. The van der Waals surface area contributed by atoms with Crippen LogP contribution in [0.5, 0.6) is 0 Å². The number of pyridine rings is 1. The van der Waals surface area contributed by atoms with Gasteiger partial charge in [0.05, 0.1) is 6.21 Å². The zero-order valence-corrected chi connectivity index (χ0v) is 10.9. The minimum atomic E-state index is -0.0907. The molecular weight excluding hydrogens is 232 g/mol. The molecule has 0 unspecified atom stereocenters. The highest BCUT2D eigenvalue weighted by atomic mass is 32.1. The van der Waals surface area contributed by atoms with Gasteiger partial charge in [0.15, 0.2) is 0 Å². The molecule has 0 aliphatic heterocycles. The van der Waals surface area contributed by atoms with Crippen molar-refractivity contribution < 1.29 is 0 Å². The summed E-state index contributed by atoms with van der Waals surface area (Å²) >= 11 is 1.66. The monoisotopic (exact) mass is 246 g/mol. The second-order valence-corrected chi connectivity index (χ2v) is 5.34. The lowest BCUT2D eigenvalue weighted by Gasteiger charge is -2.03. The maximum absolute atomic E-state index is 11.7. The van der Waals surface area contributed by atoms with Crippen molar-refractivity contribution in [2.45, 2.75) is 20.8 Å². The smallest absolute Gasteiger partial charge is 0.267 e. The van der Waals surface area contributed by atoms with E-state index in [1.165, 1.54) is 9.55 Å². The predicted octanol–water partition coefficient (Wildman–Crippen LogP) is 2.72. The van der Waals surface area contributed by atoms with Gasteiger partial charge in [-0.05, 0) is 44.5 Å². The molecule has 0 spiro atoms. The van der Waals surface area contributed by atoms with Crippen LogP contribution < -0.4 is 5.56 Å². The van der Waals surface area contributed by atoms with Crippen molar-refractivity contribution in [3.05, 3.63) is 55.6 Å². The number of thiophene rings is 1. The molecular formula is C13H14N2OS. The van der Waals surface area contributed by atoms with Crippen LogP contribution >= 0.6 is 11.3 Å². The van der Waals surface area contributed by atoms with Gasteiger partial charge in [0.2, 0.25) is 0 Å². The van der Waals surface area contributed by atoms with E-state index in [0.29, 0.717) is 0 Å². The van der Waals surface area contributed by atoms with Crippen LogP contribution in [0.25, 0.3) is 0 Å². The number of hydrogen-bond acceptors (Lipinski definition) is 3. The number of aryl methyl sites for hydroxylation is 3. The highest BCUT2D eigenvalue weighted by Crippen LogP contribution is 2.12. The van der Waals surface area contributed by atoms with Gasteiger partial charge in [-0.25, -0.2) is 4.68 Å². The Bertz CT molecular complexity index is 623. The van der Waals surface area contributed by atoms with E-state index in [2.05, 4.69) is 5.10 Å². The van der Waals surface area contributed by atoms with Gasteiger partial charge >= 0.3 is 0 Å². The molecule has 2 heterocycles. The Balaban J connectivity index is 2.36. The molecule has 3 nitrogen and oxygen atoms in total. The first-order valence-electron chi connectivity index (χ1n) is 5.37. The summed E-state index contributed by atoms with van der Waals surface area (Å²) in [6.07, 6.45) is 1.72. The van der Waals surface area contributed by atoms with Crippen LogP contribution in [0.15, 0.2) is 34.2 Å². The molecule has 0 fully saturated rings. The molecule has 88 valence electrons. The van der Waals surface area contributed by atoms with E-state index in [1.807, 2.05) is 39.0 Å². The van der Waals surface area contributed by atoms with E-state index in [-0.39, 0.29) is 5.56 Å². The average Bonchev–Trinajstić information content (AvgIpc) is 2.62. The summed E-state index contributed by atoms with van der Waals surface area (Å²) in [5.74, 6) is 0. The van der Waals surface area contributed by atoms with Gasteiger partial charge in [-0.1, -0.05) is 0 Å². The van der Waals surface area contributed by atoms with E-state index in [4.69, 9.17) is 0 Å². The Kier molecular flexibility index (Phi) is 3.24. The maximum Gasteiger partial charge on any atom is 0.271 e. The standard InChI is InChI=1S/C13H14N2OS/c1-9-6-10(2)15(13(16)7-9)14-8-12-5-4-11(3)17-12/h4-8H,1-3H3. The van der Waals surface area contributed by atoms with Crippen LogP contribution in [-0.2, 0) is 0 Å². The van der Waals surface area contributed by atoms with Gasteiger partial charge in [0.25, 0.3) is 5.56 Å². The predicted molar refractivity (Wildman–Crippen MR) is 72.2 cm³/mol. The fraction of sp³-hybridized carbons (Fsp3) is 0.231. The van der Waals surface area contributed by atoms with E-state index in [0.717, 1.165) is 16.1 Å². The number of aromatic nitrogens is 1. The number of nitrogens with zero attached hydrogens (tertiary/aromatic N) is 2. The maximum atomic E-state index is 11.7. The van der Waals surface area contributed by atoms with Gasteiger partial charge in [0, 0.05) is 21.5 Å². The summed E-state index contributed by atoms with van der Waals surface area (Å²) in [6.45, 7) is 5.84. The fourth-order valence-electron chi connectivity index (χ4n) is 1.65. The normalized spacial score (nSPS) is 11.2. The van der Waals surface area contributed by atoms with E-state index >= 15 is 0 Å². The average molecular weight is 246 g/mol. The van der Waals surface area contributed by atoms with Crippen molar-refractivity contribution in [3.63, 3.8) is 0 Å². The molecule has 0 atom stereocenters. The van der Waals surface area contributed by atoms with Gasteiger partial charge in [-0.3, -0.25) is 4.79 Å². The Labute approximate surface area is 104 Å². The van der Waals surface area contributed by atoms with Gasteiger partial charge in [-0.2, -0.15) is 5.10 Å². The van der Waals surface area contributed by atoms with E-state index < -0.39 is 0 Å². The van der Waals surface area contributed by atoms with Gasteiger partial charge in [0.1, 0.15) is 0 Å². The molecule has 0 saturated carbocycles. The Morgan fingerprint density at radius 2 is 2.00 bits per heavy atom. The number of rotatable bonds is 2. The van der Waals surface area contributed by atoms with Crippen molar-refractivity contribution in [1.29, 1.82) is 0 Å². The largest absolute Gasteiger partial charge is 0.271 e. The third-order valence-corrected chi connectivity index (χ3v) is 3.33. The van der Waals surface area contributed by atoms with E-state index in [1.54, 1.807) is 23.6 Å². The molecule has 17 heavy (non-hydrogen) atoms. The molecule has 0 N–H and O–H groups in total. The van der Waals surface area contributed by atoms with Crippen LogP contribution in [0.4, 0.5) is 0 Å². The second-order valence-electron chi connectivity index (χ2n) is 4.02. The second kappa shape index (κ2) is 4.67. The lowest BCUT2D eigenvalue weighted by Crippen LogP contribution is -2.18. The van der Waals surface area contributed by atoms with Crippen LogP contribution in [0.2, 0.25) is 0 Å². The van der Waals surface area contributed by atoms with Crippen molar-refractivity contribution in [1.82, 2.24) is 4.68 Å². The van der Waals surface area contributed by atoms with Crippen molar-refractivity contribution in [2.24, 2.45) is 5.10 Å². The third kappa shape index (κ3) is 2.71. The first-order chi connectivity index (χ1) is 8.06. The molecule has 0 amide bonds. The quantitative estimate of drug-likeness (QED) is 0.750. The van der Waals surface area contributed by atoms with Crippen LogP contribution in [0, 0.1) is 20.8 Å².